The van der Waals surface area contributed by atoms with E-state index >= 15 is 0 Å². The third-order valence-electron chi connectivity index (χ3n) is 3.87. The van der Waals surface area contributed by atoms with Crippen molar-refractivity contribution in [2.24, 2.45) is 5.10 Å². The molecule has 0 aliphatic rings. The predicted molar refractivity (Wildman–Crippen MR) is 110 cm³/mol. The fourth-order valence-electron chi connectivity index (χ4n) is 2.53. The van der Waals surface area contributed by atoms with Crippen LogP contribution in [0.2, 0.25) is 0 Å². The zero-order valence-electron chi connectivity index (χ0n) is 15.1. The molecule has 0 aliphatic heterocycles. The van der Waals surface area contributed by atoms with Gasteiger partial charge < -0.3 is 10.1 Å². The Labute approximate surface area is 162 Å². The van der Waals surface area contributed by atoms with Crippen molar-refractivity contribution in [1.82, 2.24) is 5.43 Å². The zero-order valence-corrected chi connectivity index (χ0v) is 15.1. The highest BCUT2D eigenvalue weighted by molar-refractivity contribution is 6.40. The minimum Gasteiger partial charge on any atom is -0.490 e. The molecule has 6 heteroatoms. The first kappa shape index (κ1) is 18.8. The van der Waals surface area contributed by atoms with E-state index in [4.69, 9.17) is 4.74 Å². The Morgan fingerprint density at radius 1 is 0.964 bits per heavy atom. The van der Waals surface area contributed by atoms with E-state index in [1.54, 1.807) is 36.4 Å². The van der Waals surface area contributed by atoms with E-state index in [9.17, 15) is 9.59 Å². The molecule has 0 saturated carbocycles. The smallest absolute Gasteiger partial charge is 0.329 e. The van der Waals surface area contributed by atoms with Crippen molar-refractivity contribution in [3.63, 3.8) is 0 Å². The molecule has 6 nitrogen and oxygen atoms in total. The fraction of sp³-hybridized carbons (Fsp3) is 0.0455. The molecule has 0 fully saturated rings. The highest BCUT2D eigenvalue weighted by atomic mass is 16.5. The van der Waals surface area contributed by atoms with Crippen LogP contribution in [0.25, 0.3) is 10.8 Å². The second kappa shape index (κ2) is 9.14. The zero-order chi connectivity index (χ0) is 19.8. The van der Waals surface area contributed by atoms with Crippen LogP contribution in [-0.2, 0) is 9.59 Å². The molecule has 3 aromatic rings. The molecule has 140 valence electrons. The van der Waals surface area contributed by atoms with E-state index in [0.717, 1.165) is 16.3 Å². The van der Waals surface area contributed by atoms with Crippen molar-refractivity contribution in [2.45, 2.75) is 0 Å². The van der Waals surface area contributed by atoms with Gasteiger partial charge in [-0.2, -0.15) is 5.10 Å². The number of nitrogens with zero attached hydrogens (tertiary/aromatic N) is 1. The Bertz CT molecular complexity index is 1020. The van der Waals surface area contributed by atoms with E-state index in [2.05, 4.69) is 22.4 Å². The summed E-state index contributed by atoms with van der Waals surface area (Å²) in [5, 5.41) is 8.25. The molecular formula is C22H19N3O3. The highest BCUT2D eigenvalue weighted by Crippen LogP contribution is 2.22. The summed E-state index contributed by atoms with van der Waals surface area (Å²) in [5.74, 6) is -0.938. The first-order valence-corrected chi connectivity index (χ1v) is 8.63. The molecule has 0 heterocycles. The molecule has 0 bridgehead atoms. The van der Waals surface area contributed by atoms with Gasteiger partial charge in [0.25, 0.3) is 0 Å². The Hall–Kier alpha value is -3.93. The SMILES string of the molecule is C=CCOc1ccc(C=NNC(=O)C(=O)Nc2cccc3ccccc23)cc1. The summed E-state index contributed by atoms with van der Waals surface area (Å²) in [4.78, 5) is 24.1. The molecule has 0 atom stereocenters. The summed E-state index contributed by atoms with van der Waals surface area (Å²) in [5.41, 5.74) is 3.54. The van der Waals surface area contributed by atoms with Crippen LogP contribution in [0.4, 0.5) is 5.69 Å². The molecule has 3 aromatic carbocycles. The summed E-state index contributed by atoms with van der Waals surface area (Å²) in [6.07, 6.45) is 3.11. The van der Waals surface area contributed by atoms with Crippen LogP contribution in [-0.4, -0.2) is 24.6 Å². The Morgan fingerprint density at radius 2 is 1.71 bits per heavy atom. The molecular weight excluding hydrogens is 354 g/mol. The lowest BCUT2D eigenvalue weighted by atomic mass is 10.1. The molecule has 0 aliphatic carbocycles. The lowest BCUT2D eigenvalue weighted by Gasteiger charge is -2.07. The monoisotopic (exact) mass is 373 g/mol. The molecule has 28 heavy (non-hydrogen) atoms. The minimum atomic E-state index is -0.852. The number of rotatable bonds is 6. The lowest BCUT2D eigenvalue weighted by molar-refractivity contribution is -0.136. The molecule has 0 aromatic heterocycles. The maximum atomic E-state index is 12.1. The summed E-state index contributed by atoms with van der Waals surface area (Å²) in [6, 6.07) is 20.2. The van der Waals surface area contributed by atoms with Crippen molar-refractivity contribution in [3.8, 4) is 5.75 Å². The maximum absolute atomic E-state index is 12.1. The average Bonchev–Trinajstić information content (AvgIpc) is 2.73. The van der Waals surface area contributed by atoms with Gasteiger partial charge in [-0.15, -0.1) is 0 Å². The standard InChI is InChI=1S/C22H19N3O3/c1-2-14-28-18-12-10-16(11-13-18)15-23-25-22(27)21(26)24-20-9-5-7-17-6-3-4-8-19(17)20/h2-13,15H,1,14H2,(H,24,26)(H,25,27). The summed E-state index contributed by atoms with van der Waals surface area (Å²) < 4.78 is 5.39. The van der Waals surface area contributed by atoms with Crippen LogP contribution in [0.5, 0.6) is 5.75 Å². The maximum Gasteiger partial charge on any atom is 0.329 e. The van der Waals surface area contributed by atoms with E-state index in [-0.39, 0.29) is 0 Å². The number of ether oxygens (including phenoxy) is 1. The summed E-state index contributed by atoms with van der Waals surface area (Å²) >= 11 is 0. The Morgan fingerprint density at radius 3 is 2.50 bits per heavy atom. The highest BCUT2D eigenvalue weighted by Gasteiger charge is 2.14. The number of nitrogens with one attached hydrogen (secondary N) is 2. The number of amides is 2. The van der Waals surface area contributed by atoms with Gasteiger partial charge in [-0.1, -0.05) is 49.1 Å². The number of hydrogen-bond acceptors (Lipinski definition) is 4. The van der Waals surface area contributed by atoms with Gasteiger partial charge in [0.15, 0.2) is 0 Å². The topological polar surface area (TPSA) is 79.8 Å². The quantitative estimate of drug-likeness (QED) is 0.300. The molecule has 0 saturated heterocycles. The average molecular weight is 373 g/mol. The van der Waals surface area contributed by atoms with Gasteiger partial charge in [0.2, 0.25) is 0 Å². The van der Waals surface area contributed by atoms with Crippen LogP contribution < -0.4 is 15.5 Å². The molecule has 0 unspecified atom stereocenters. The van der Waals surface area contributed by atoms with Gasteiger partial charge in [0.05, 0.1) is 6.21 Å². The molecule has 2 amide bonds. The van der Waals surface area contributed by atoms with Crippen molar-refractivity contribution >= 4 is 34.5 Å². The second-order valence-corrected chi connectivity index (χ2v) is 5.85. The molecule has 2 N–H and O–H groups in total. The lowest BCUT2D eigenvalue weighted by Crippen LogP contribution is -2.32. The number of hydrogen-bond donors (Lipinski definition) is 2. The van der Waals surface area contributed by atoms with E-state index in [1.165, 1.54) is 6.21 Å². The predicted octanol–water partition coefficient (Wildman–Crippen LogP) is 3.49. The van der Waals surface area contributed by atoms with Gasteiger partial charge in [0.1, 0.15) is 12.4 Å². The number of carbonyl (C=O) groups is 2. The van der Waals surface area contributed by atoms with Gasteiger partial charge in [-0.3, -0.25) is 9.59 Å². The number of hydrazone groups is 1. The summed E-state index contributed by atoms with van der Waals surface area (Å²) in [7, 11) is 0. The number of anilines is 1. The third kappa shape index (κ3) is 4.82. The van der Waals surface area contributed by atoms with E-state index in [0.29, 0.717) is 18.0 Å². The van der Waals surface area contributed by atoms with Gasteiger partial charge >= 0.3 is 11.8 Å². The van der Waals surface area contributed by atoms with Gasteiger partial charge in [0, 0.05) is 11.1 Å². The van der Waals surface area contributed by atoms with E-state index in [1.807, 2.05) is 36.4 Å². The van der Waals surface area contributed by atoms with E-state index < -0.39 is 11.8 Å². The van der Waals surface area contributed by atoms with Crippen LogP contribution in [0.1, 0.15) is 5.56 Å². The Kier molecular flexibility index (Phi) is 6.15. The molecule has 0 spiro atoms. The van der Waals surface area contributed by atoms with Crippen molar-refractivity contribution < 1.29 is 14.3 Å². The fourth-order valence-corrected chi connectivity index (χ4v) is 2.53. The minimum absolute atomic E-state index is 0.426. The largest absolute Gasteiger partial charge is 0.490 e. The van der Waals surface area contributed by atoms with Crippen LogP contribution in [0, 0.1) is 0 Å². The van der Waals surface area contributed by atoms with Gasteiger partial charge in [-0.25, -0.2) is 5.43 Å². The van der Waals surface area contributed by atoms with Crippen molar-refractivity contribution in [1.29, 1.82) is 0 Å². The molecule has 0 radical (unpaired) electrons. The first-order valence-electron chi connectivity index (χ1n) is 8.63. The normalized spacial score (nSPS) is 10.6. The Balaban J connectivity index is 1.57. The third-order valence-corrected chi connectivity index (χ3v) is 3.87. The number of carbonyl (C=O) groups excluding carboxylic acids is 2. The van der Waals surface area contributed by atoms with Crippen molar-refractivity contribution in [3.05, 3.63) is 84.9 Å². The van der Waals surface area contributed by atoms with Gasteiger partial charge in [-0.05, 0) is 41.3 Å². The van der Waals surface area contributed by atoms with Crippen LogP contribution in [0.3, 0.4) is 0 Å². The van der Waals surface area contributed by atoms with Crippen LogP contribution >= 0.6 is 0 Å². The van der Waals surface area contributed by atoms with Crippen molar-refractivity contribution in [2.75, 3.05) is 11.9 Å². The summed E-state index contributed by atoms with van der Waals surface area (Å²) in [6.45, 7) is 4.01. The number of benzene rings is 3. The second-order valence-electron chi connectivity index (χ2n) is 5.85. The molecule has 3 rings (SSSR count). The first-order chi connectivity index (χ1) is 13.7. The number of fused-ring (bicyclic) bond motifs is 1. The van der Waals surface area contributed by atoms with Crippen LogP contribution in [0.15, 0.2) is 84.5 Å².